The van der Waals surface area contributed by atoms with Crippen LogP contribution in [-0.2, 0) is 6.54 Å². The molecule has 0 amide bonds. The molecule has 0 spiro atoms. The standard InChI is InChI=1S/C15H23FN2/c1-3-4-9-18(13-6-7-13)15-8-5-12(11-17-2)10-14(15)16/h5,8,10,13,17H,3-4,6-7,9,11H2,1-2H3. The van der Waals surface area contributed by atoms with E-state index < -0.39 is 0 Å². The summed E-state index contributed by atoms with van der Waals surface area (Å²) in [7, 11) is 1.88. The van der Waals surface area contributed by atoms with Crippen molar-refractivity contribution < 1.29 is 4.39 Å². The van der Waals surface area contributed by atoms with Gasteiger partial charge in [0, 0.05) is 19.1 Å². The van der Waals surface area contributed by atoms with Gasteiger partial charge in [-0.1, -0.05) is 19.4 Å². The molecule has 0 atom stereocenters. The van der Waals surface area contributed by atoms with Gasteiger partial charge in [-0.15, -0.1) is 0 Å². The van der Waals surface area contributed by atoms with Crippen LogP contribution in [0.2, 0.25) is 0 Å². The molecule has 0 radical (unpaired) electrons. The van der Waals surface area contributed by atoms with Gasteiger partial charge < -0.3 is 10.2 Å². The molecule has 1 saturated carbocycles. The second-order valence-corrected chi connectivity index (χ2v) is 5.09. The summed E-state index contributed by atoms with van der Waals surface area (Å²) in [6.07, 6.45) is 4.71. The third kappa shape index (κ3) is 3.22. The summed E-state index contributed by atoms with van der Waals surface area (Å²) in [6.45, 7) is 3.87. The van der Waals surface area contributed by atoms with Gasteiger partial charge in [0.2, 0.25) is 0 Å². The maximum absolute atomic E-state index is 14.2. The first-order valence-corrected chi connectivity index (χ1v) is 6.96. The van der Waals surface area contributed by atoms with Gasteiger partial charge in [0.15, 0.2) is 0 Å². The molecule has 2 rings (SSSR count). The fourth-order valence-corrected chi connectivity index (χ4v) is 2.31. The molecule has 18 heavy (non-hydrogen) atoms. The molecule has 1 aliphatic rings. The Hall–Kier alpha value is -1.09. The molecular formula is C15H23FN2. The molecule has 1 fully saturated rings. The van der Waals surface area contributed by atoms with E-state index in [9.17, 15) is 4.39 Å². The predicted octanol–water partition coefficient (Wildman–Crippen LogP) is 3.31. The molecule has 0 aliphatic heterocycles. The maximum atomic E-state index is 14.2. The number of nitrogens with one attached hydrogen (secondary N) is 1. The quantitative estimate of drug-likeness (QED) is 0.798. The summed E-state index contributed by atoms with van der Waals surface area (Å²) in [5.74, 6) is -0.0780. The lowest BCUT2D eigenvalue weighted by Crippen LogP contribution is -2.27. The van der Waals surface area contributed by atoms with Crippen LogP contribution < -0.4 is 10.2 Å². The van der Waals surface area contributed by atoms with E-state index >= 15 is 0 Å². The minimum atomic E-state index is -0.0780. The molecule has 0 unspecified atom stereocenters. The zero-order chi connectivity index (χ0) is 13.0. The van der Waals surface area contributed by atoms with Crippen molar-refractivity contribution in [2.45, 2.75) is 45.2 Å². The molecule has 0 saturated heterocycles. The van der Waals surface area contributed by atoms with Crippen LogP contribution >= 0.6 is 0 Å². The van der Waals surface area contributed by atoms with E-state index in [0.717, 1.165) is 37.2 Å². The van der Waals surface area contributed by atoms with E-state index in [4.69, 9.17) is 0 Å². The Morgan fingerprint density at radius 1 is 1.39 bits per heavy atom. The topological polar surface area (TPSA) is 15.3 Å². The Morgan fingerprint density at radius 3 is 2.72 bits per heavy atom. The summed E-state index contributed by atoms with van der Waals surface area (Å²) >= 11 is 0. The minimum absolute atomic E-state index is 0.0780. The molecular weight excluding hydrogens is 227 g/mol. The summed E-state index contributed by atoms with van der Waals surface area (Å²) in [6, 6.07) is 6.19. The zero-order valence-electron chi connectivity index (χ0n) is 11.4. The lowest BCUT2D eigenvalue weighted by Gasteiger charge is -2.25. The molecule has 1 aromatic rings. The first-order valence-electron chi connectivity index (χ1n) is 6.96. The fraction of sp³-hybridized carbons (Fsp3) is 0.600. The average molecular weight is 250 g/mol. The molecule has 3 heteroatoms. The van der Waals surface area contributed by atoms with Gasteiger partial charge >= 0.3 is 0 Å². The third-order valence-electron chi connectivity index (χ3n) is 3.44. The number of nitrogens with zero attached hydrogens (tertiary/aromatic N) is 1. The van der Waals surface area contributed by atoms with Gasteiger partial charge in [0.25, 0.3) is 0 Å². The number of hydrogen-bond acceptors (Lipinski definition) is 2. The van der Waals surface area contributed by atoms with Crippen LogP contribution in [0.3, 0.4) is 0 Å². The van der Waals surface area contributed by atoms with Crippen molar-refractivity contribution in [1.29, 1.82) is 0 Å². The molecule has 100 valence electrons. The lowest BCUT2D eigenvalue weighted by molar-refractivity contribution is 0.606. The molecule has 1 aromatic carbocycles. The van der Waals surface area contributed by atoms with Gasteiger partial charge in [-0.3, -0.25) is 0 Å². The lowest BCUT2D eigenvalue weighted by atomic mass is 10.1. The minimum Gasteiger partial charge on any atom is -0.366 e. The number of anilines is 1. The number of hydrogen-bond donors (Lipinski definition) is 1. The number of rotatable bonds is 7. The highest BCUT2D eigenvalue weighted by molar-refractivity contribution is 5.51. The van der Waals surface area contributed by atoms with Crippen molar-refractivity contribution in [3.63, 3.8) is 0 Å². The highest BCUT2D eigenvalue weighted by atomic mass is 19.1. The first-order chi connectivity index (χ1) is 8.76. The molecule has 0 aromatic heterocycles. The fourth-order valence-electron chi connectivity index (χ4n) is 2.31. The summed E-state index contributed by atoms with van der Waals surface area (Å²) in [5.41, 5.74) is 1.79. The van der Waals surface area contributed by atoms with Gasteiger partial charge in [0.05, 0.1) is 5.69 Å². The molecule has 1 aliphatic carbocycles. The van der Waals surface area contributed by atoms with Gasteiger partial charge in [0.1, 0.15) is 5.82 Å². The maximum Gasteiger partial charge on any atom is 0.146 e. The van der Waals surface area contributed by atoms with Crippen molar-refractivity contribution in [3.8, 4) is 0 Å². The summed E-state index contributed by atoms with van der Waals surface area (Å²) in [4.78, 5) is 2.25. The van der Waals surface area contributed by atoms with Crippen LogP contribution in [0.1, 0.15) is 38.2 Å². The normalized spacial score (nSPS) is 14.8. The number of halogens is 1. The Bertz CT molecular complexity index is 388. The highest BCUT2D eigenvalue weighted by Crippen LogP contribution is 2.33. The van der Waals surface area contributed by atoms with Crippen LogP contribution in [0.4, 0.5) is 10.1 Å². The van der Waals surface area contributed by atoms with Crippen LogP contribution in [0.25, 0.3) is 0 Å². The van der Waals surface area contributed by atoms with Crippen molar-refractivity contribution in [3.05, 3.63) is 29.6 Å². The van der Waals surface area contributed by atoms with E-state index in [0.29, 0.717) is 6.04 Å². The highest BCUT2D eigenvalue weighted by Gasteiger charge is 2.30. The second-order valence-electron chi connectivity index (χ2n) is 5.09. The van der Waals surface area contributed by atoms with Gasteiger partial charge in [-0.25, -0.2) is 4.39 Å². The largest absolute Gasteiger partial charge is 0.366 e. The Morgan fingerprint density at radius 2 is 2.17 bits per heavy atom. The van der Waals surface area contributed by atoms with Gasteiger partial charge in [-0.2, -0.15) is 0 Å². The average Bonchev–Trinajstić information content (AvgIpc) is 3.17. The third-order valence-corrected chi connectivity index (χ3v) is 3.44. The summed E-state index contributed by atoms with van der Waals surface area (Å²) in [5, 5.41) is 3.05. The Kier molecular flexibility index (Phi) is 4.59. The van der Waals surface area contributed by atoms with E-state index in [1.807, 2.05) is 19.2 Å². The monoisotopic (exact) mass is 250 g/mol. The van der Waals surface area contributed by atoms with Crippen LogP contribution in [0, 0.1) is 5.82 Å². The van der Waals surface area contributed by atoms with Crippen molar-refractivity contribution >= 4 is 5.69 Å². The molecule has 0 heterocycles. The SMILES string of the molecule is CCCCN(c1ccc(CNC)cc1F)C1CC1. The van der Waals surface area contributed by atoms with Crippen molar-refractivity contribution in [2.24, 2.45) is 0 Å². The first kappa shape index (κ1) is 13.3. The van der Waals surface area contributed by atoms with E-state index in [1.54, 1.807) is 6.07 Å². The molecule has 0 bridgehead atoms. The van der Waals surface area contributed by atoms with Gasteiger partial charge in [-0.05, 0) is 44.0 Å². The van der Waals surface area contributed by atoms with Crippen molar-refractivity contribution in [1.82, 2.24) is 5.32 Å². The number of benzene rings is 1. The van der Waals surface area contributed by atoms with E-state index in [-0.39, 0.29) is 5.82 Å². The van der Waals surface area contributed by atoms with Crippen LogP contribution in [0.5, 0.6) is 0 Å². The second kappa shape index (κ2) is 6.19. The van der Waals surface area contributed by atoms with E-state index in [2.05, 4.69) is 17.1 Å². The predicted molar refractivity (Wildman–Crippen MR) is 74.4 cm³/mol. The Balaban J connectivity index is 2.13. The van der Waals surface area contributed by atoms with Crippen LogP contribution in [0.15, 0.2) is 18.2 Å². The van der Waals surface area contributed by atoms with Crippen molar-refractivity contribution in [2.75, 3.05) is 18.5 Å². The zero-order valence-corrected chi connectivity index (χ0v) is 11.4. The van der Waals surface area contributed by atoms with E-state index in [1.165, 1.54) is 12.8 Å². The summed E-state index contributed by atoms with van der Waals surface area (Å²) < 4.78 is 14.2. The Labute approximate surface area is 109 Å². The number of unbranched alkanes of at least 4 members (excludes halogenated alkanes) is 1. The smallest absolute Gasteiger partial charge is 0.146 e. The molecule has 1 N–H and O–H groups in total. The van der Waals surface area contributed by atoms with Crippen LogP contribution in [-0.4, -0.2) is 19.6 Å². The molecule has 2 nitrogen and oxygen atoms in total.